The first kappa shape index (κ1) is 16.2. The summed E-state index contributed by atoms with van der Waals surface area (Å²) in [6, 6.07) is 4.70. The molecule has 2 rings (SSSR count). The number of benzene rings is 1. The van der Waals surface area contributed by atoms with Gasteiger partial charge < -0.3 is 9.47 Å². The van der Waals surface area contributed by atoms with E-state index < -0.39 is 10.0 Å². The molecule has 1 aromatic rings. The van der Waals surface area contributed by atoms with Crippen LogP contribution in [0.3, 0.4) is 0 Å². The molecule has 0 amide bonds. The molecule has 1 saturated heterocycles. The molecule has 2 unspecified atom stereocenters. The third-order valence-corrected chi connectivity index (χ3v) is 6.11. The summed E-state index contributed by atoms with van der Waals surface area (Å²) in [6.07, 6.45) is -0.548. The van der Waals surface area contributed by atoms with Crippen LogP contribution in [0.2, 0.25) is 5.02 Å². The summed E-state index contributed by atoms with van der Waals surface area (Å²) >= 11 is 9.29. The van der Waals surface area contributed by atoms with E-state index in [0.717, 1.165) is 4.47 Å². The summed E-state index contributed by atoms with van der Waals surface area (Å²) in [7, 11) is -0.569. The van der Waals surface area contributed by atoms with E-state index in [0.29, 0.717) is 0 Å². The van der Waals surface area contributed by atoms with Gasteiger partial charge in [0.25, 0.3) is 0 Å². The van der Waals surface area contributed by atoms with Gasteiger partial charge in [-0.15, -0.1) is 0 Å². The minimum Gasteiger partial charge on any atom is -0.377 e. The van der Waals surface area contributed by atoms with Crippen molar-refractivity contribution in [3.05, 3.63) is 27.7 Å². The van der Waals surface area contributed by atoms with E-state index in [2.05, 4.69) is 15.9 Å². The van der Waals surface area contributed by atoms with Crippen molar-refractivity contribution in [3.63, 3.8) is 0 Å². The van der Waals surface area contributed by atoms with Crippen LogP contribution in [0.4, 0.5) is 0 Å². The van der Waals surface area contributed by atoms with Gasteiger partial charge >= 0.3 is 0 Å². The van der Waals surface area contributed by atoms with E-state index >= 15 is 0 Å². The lowest BCUT2D eigenvalue weighted by molar-refractivity contribution is -0.00461. The summed E-state index contributed by atoms with van der Waals surface area (Å²) in [5.74, 6) is 0. The maximum Gasteiger partial charge on any atom is 0.244 e. The highest BCUT2D eigenvalue weighted by molar-refractivity contribution is 9.10. The lowest BCUT2D eigenvalue weighted by Gasteiger charge is -2.17. The van der Waals surface area contributed by atoms with E-state index in [-0.39, 0.29) is 35.2 Å². The molecule has 0 spiro atoms. The monoisotopic (exact) mass is 383 g/mol. The summed E-state index contributed by atoms with van der Waals surface area (Å²) in [4.78, 5) is 0.0916. The number of rotatable bonds is 4. The fourth-order valence-electron chi connectivity index (χ4n) is 2.18. The molecular formula is C12H15BrClNO4S. The Balaban J connectivity index is 2.32. The number of hydrogen-bond donors (Lipinski definition) is 0. The van der Waals surface area contributed by atoms with Crippen molar-refractivity contribution in [3.8, 4) is 0 Å². The second kappa shape index (κ2) is 6.29. The Morgan fingerprint density at radius 2 is 1.80 bits per heavy atom. The Labute approximate surface area is 132 Å². The average Bonchev–Trinajstić information content (AvgIpc) is 2.82. The molecule has 1 aliphatic heterocycles. The van der Waals surface area contributed by atoms with Gasteiger partial charge in [-0.2, -0.15) is 4.31 Å². The summed E-state index contributed by atoms with van der Waals surface area (Å²) in [6.45, 7) is 0.507. The van der Waals surface area contributed by atoms with Crippen molar-refractivity contribution < 1.29 is 17.9 Å². The van der Waals surface area contributed by atoms with E-state index in [9.17, 15) is 8.42 Å². The van der Waals surface area contributed by atoms with Gasteiger partial charge in [0.15, 0.2) is 0 Å². The molecular weight excluding hydrogens is 370 g/mol. The molecule has 5 nitrogen and oxygen atoms in total. The number of nitrogens with zero attached hydrogens (tertiary/aromatic N) is 1. The first-order valence-corrected chi connectivity index (χ1v) is 8.52. The van der Waals surface area contributed by atoms with Crippen LogP contribution in [-0.4, -0.2) is 52.2 Å². The zero-order valence-corrected chi connectivity index (χ0v) is 14.2. The number of sulfonamides is 1. The fourth-order valence-corrected chi connectivity index (χ4v) is 4.66. The molecule has 1 aliphatic rings. The van der Waals surface area contributed by atoms with Crippen LogP contribution in [0.1, 0.15) is 0 Å². The van der Waals surface area contributed by atoms with Gasteiger partial charge in [0, 0.05) is 31.8 Å². The zero-order valence-electron chi connectivity index (χ0n) is 11.0. The van der Waals surface area contributed by atoms with Crippen LogP contribution in [0.5, 0.6) is 0 Å². The molecule has 112 valence electrons. The minimum absolute atomic E-state index is 0.0916. The number of methoxy groups -OCH3 is 2. The van der Waals surface area contributed by atoms with E-state index in [4.69, 9.17) is 21.1 Å². The molecule has 0 saturated carbocycles. The topological polar surface area (TPSA) is 55.8 Å². The highest BCUT2D eigenvalue weighted by Gasteiger charge is 2.40. The number of hydrogen-bond acceptors (Lipinski definition) is 4. The highest BCUT2D eigenvalue weighted by atomic mass is 79.9. The second-order valence-corrected chi connectivity index (χ2v) is 7.67. The van der Waals surface area contributed by atoms with Crippen LogP contribution in [0.25, 0.3) is 0 Å². The quantitative estimate of drug-likeness (QED) is 0.798. The Morgan fingerprint density at radius 3 is 2.25 bits per heavy atom. The van der Waals surface area contributed by atoms with Gasteiger partial charge in [0.05, 0.1) is 17.2 Å². The SMILES string of the molecule is COC1CN(S(=O)(=O)c2ccc(Br)cc2Cl)CC1OC. The normalized spacial score (nSPS) is 24.2. The van der Waals surface area contributed by atoms with Crippen LogP contribution in [-0.2, 0) is 19.5 Å². The molecule has 0 N–H and O–H groups in total. The predicted molar refractivity (Wildman–Crippen MR) is 79.5 cm³/mol. The molecule has 0 radical (unpaired) electrons. The summed E-state index contributed by atoms with van der Waals surface area (Å²) < 4.78 is 37.8. The van der Waals surface area contributed by atoms with E-state index in [1.165, 1.54) is 10.4 Å². The van der Waals surface area contributed by atoms with Crippen molar-refractivity contribution in [2.45, 2.75) is 17.1 Å². The van der Waals surface area contributed by atoms with Gasteiger partial charge in [-0.3, -0.25) is 0 Å². The highest BCUT2D eigenvalue weighted by Crippen LogP contribution is 2.30. The van der Waals surface area contributed by atoms with Crippen molar-refractivity contribution in [2.24, 2.45) is 0 Å². The smallest absolute Gasteiger partial charge is 0.244 e. The number of ether oxygens (including phenoxy) is 2. The van der Waals surface area contributed by atoms with Crippen molar-refractivity contribution in [1.29, 1.82) is 0 Å². The third kappa shape index (κ3) is 3.03. The van der Waals surface area contributed by atoms with Crippen LogP contribution in [0, 0.1) is 0 Å². The molecule has 0 aliphatic carbocycles. The van der Waals surface area contributed by atoms with Gasteiger partial charge in [-0.25, -0.2) is 8.42 Å². The Kier molecular flexibility index (Phi) is 5.09. The van der Waals surface area contributed by atoms with E-state index in [1.807, 2.05) is 0 Å². The third-order valence-electron chi connectivity index (χ3n) is 3.30. The average molecular weight is 385 g/mol. The molecule has 8 heteroatoms. The Morgan fingerprint density at radius 1 is 1.25 bits per heavy atom. The van der Waals surface area contributed by atoms with Gasteiger partial charge in [0.2, 0.25) is 10.0 Å². The molecule has 1 heterocycles. The summed E-state index contributed by atoms with van der Waals surface area (Å²) in [5, 5.41) is 0.189. The lowest BCUT2D eigenvalue weighted by atomic mass is 10.3. The fraction of sp³-hybridized carbons (Fsp3) is 0.500. The predicted octanol–water partition coefficient (Wildman–Crippen LogP) is 2.14. The molecule has 1 aromatic carbocycles. The van der Waals surface area contributed by atoms with Crippen molar-refractivity contribution in [2.75, 3.05) is 27.3 Å². The summed E-state index contributed by atoms with van der Waals surface area (Å²) in [5.41, 5.74) is 0. The largest absolute Gasteiger partial charge is 0.377 e. The van der Waals surface area contributed by atoms with Crippen LogP contribution >= 0.6 is 27.5 Å². The minimum atomic E-state index is -3.65. The maximum absolute atomic E-state index is 12.6. The molecule has 0 bridgehead atoms. The Bertz CT molecular complexity index is 583. The first-order valence-electron chi connectivity index (χ1n) is 5.91. The molecule has 2 atom stereocenters. The van der Waals surface area contributed by atoms with Crippen molar-refractivity contribution in [1.82, 2.24) is 4.31 Å². The second-order valence-electron chi connectivity index (χ2n) is 4.45. The van der Waals surface area contributed by atoms with Gasteiger partial charge in [-0.1, -0.05) is 27.5 Å². The molecule has 0 aromatic heterocycles. The van der Waals surface area contributed by atoms with Gasteiger partial charge in [0.1, 0.15) is 4.90 Å². The molecule has 20 heavy (non-hydrogen) atoms. The van der Waals surface area contributed by atoms with Crippen molar-refractivity contribution >= 4 is 37.6 Å². The van der Waals surface area contributed by atoms with Crippen LogP contribution < -0.4 is 0 Å². The zero-order chi connectivity index (χ0) is 14.9. The number of halogens is 2. The van der Waals surface area contributed by atoms with Crippen LogP contribution in [0.15, 0.2) is 27.6 Å². The lowest BCUT2D eigenvalue weighted by Crippen LogP contribution is -2.30. The first-order chi connectivity index (χ1) is 9.40. The maximum atomic E-state index is 12.6. The molecule has 1 fully saturated rings. The standard InChI is InChI=1S/C12H15BrClNO4S/c1-18-10-6-15(7-11(10)19-2)20(16,17)12-4-3-8(13)5-9(12)14/h3-5,10-11H,6-7H2,1-2H3. The van der Waals surface area contributed by atoms with E-state index in [1.54, 1.807) is 26.4 Å². The Hall–Kier alpha value is -0.180. The van der Waals surface area contributed by atoms with Gasteiger partial charge in [-0.05, 0) is 18.2 Å².